The van der Waals surface area contributed by atoms with Crippen molar-refractivity contribution in [1.82, 2.24) is 15.0 Å². The number of sulfonamides is 1. The second kappa shape index (κ2) is 9.73. The molecule has 0 radical (unpaired) electrons. The van der Waals surface area contributed by atoms with E-state index >= 15 is 0 Å². The molecule has 36 heavy (non-hydrogen) atoms. The van der Waals surface area contributed by atoms with Crippen LogP contribution in [0.1, 0.15) is 10.4 Å². The van der Waals surface area contributed by atoms with E-state index in [2.05, 4.69) is 20.0 Å². The van der Waals surface area contributed by atoms with Crippen molar-refractivity contribution in [3.8, 4) is 11.3 Å². The van der Waals surface area contributed by atoms with E-state index in [0.717, 1.165) is 5.56 Å². The van der Waals surface area contributed by atoms with Crippen molar-refractivity contribution in [2.24, 2.45) is 0 Å². The Hall–Kier alpha value is -4.34. The van der Waals surface area contributed by atoms with Gasteiger partial charge in [-0.3, -0.25) is 4.79 Å². The zero-order chi connectivity index (χ0) is 25.1. The van der Waals surface area contributed by atoms with E-state index in [4.69, 9.17) is 16.6 Å². The summed E-state index contributed by atoms with van der Waals surface area (Å²) < 4.78 is 27.5. The van der Waals surface area contributed by atoms with Gasteiger partial charge in [-0.2, -0.15) is 0 Å². The summed E-state index contributed by atoms with van der Waals surface area (Å²) in [6.45, 7) is 0. The Labute approximate surface area is 212 Å². The van der Waals surface area contributed by atoms with E-state index < -0.39 is 10.0 Å². The van der Waals surface area contributed by atoms with Crippen molar-refractivity contribution in [2.75, 3.05) is 10.0 Å². The first kappa shape index (κ1) is 23.4. The topological polar surface area (TPSA) is 114 Å². The molecule has 5 aromatic rings. The van der Waals surface area contributed by atoms with E-state index in [1.165, 1.54) is 36.7 Å². The minimum Gasteiger partial charge on any atom is -0.322 e. The van der Waals surface area contributed by atoms with Crippen LogP contribution in [0.2, 0.25) is 5.02 Å². The van der Waals surface area contributed by atoms with Crippen molar-refractivity contribution in [3.63, 3.8) is 0 Å². The van der Waals surface area contributed by atoms with E-state index in [9.17, 15) is 13.2 Å². The highest BCUT2D eigenvalue weighted by Gasteiger charge is 2.17. The van der Waals surface area contributed by atoms with E-state index in [1.807, 2.05) is 36.4 Å². The SMILES string of the molecule is O=C(Nc1ccc(S(=O)(=O)Nc2ncccn2)cc1)c1cc(-c2ccc(Cl)cc2)nc2ccccc12. The number of anilines is 2. The Morgan fingerprint density at radius 2 is 1.53 bits per heavy atom. The van der Waals surface area contributed by atoms with E-state index in [-0.39, 0.29) is 16.8 Å². The average Bonchev–Trinajstić information content (AvgIpc) is 2.89. The average molecular weight is 516 g/mol. The van der Waals surface area contributed by atoms with Gasteiger partial charge in [0.1, 0.15) is 0 Å². The Kier molecular flexibility index (Phi) is 6.32. The molecule has 2 N–H and O–H groups in total. The lowest BCUT2D eigenvalue weighted by Crippen LogP contribution is -2.15. The molecule has 0 saturated heterocycles. The van der Waals surface area contributed by atoms with Crippen molar-refractivity contribution in [1.29, 1.82) is 0 Å². The Morgan fingerprint density at radius 3 is 2.25 bits per heavy atom. The Balaban J connectivity index is 1.42. The minimum absolute atomic E-state index is 0.00679. The van der Waals surface area contributed by atoms with Crippen LogP contribution in [-0.4, -0.2) is 29.3 Å². The number of carbonyl (C=O) groups excluding carboxylic acids is 1. The predicted molar refractivity (Wildman–Crippen MR) is 139 cm³/mol. The molecule has 1 amide bonds. The lowest BCUT2D eigenvalue weighted by molar-refractivity contribution is 0.102. The first-order valence-electron chi connectivity index (χ1n) is 10.8. The first-order valence-corrected chi connectivity index (χ1v) is 12.6. The molecule has 0 unspecified atom stereocenters. The molecule has 0 aliphatic heterocycles. The third-order valence-corrected chi connectivity index (χ3v) is 6.91. The highest BCUT2D eigenvalue weighted by Crippen LogP contribution is 2.27. The van der Waals surface area contributed by atoms with Crippen molar-refractivity contribution in [3.05, 3.63) is 108 Å². The van der Waals surface area contributed by atoms with E-state index in [1.54, 1.807) is 24.3 Å². The second-order valence-electron chi connectivity index (χ2n) is 7.74. The number of hydrogen-bond donors (Lipinski definition) is 2. The van der Waals surface area contributed by atoms with Gasteiger partial charge >= 0.3 is 0 Å². The number of aromatic nitrogens is 3. The van der Waals surface area contributed by atoms with Gasteiger partial charge in [0.25, 0.3) is 15.9 Å². The van der Waals surface area contributed by atoms with Crippen molar-refractivity contribution in [2.45, 2.75) is 4.90 Å². The van der Waals surface area contributed by atoms with Gasteiger partial charge in [-0.25, -0.2) is 28.1 Å². The highest BCUT2D eigenvalue weighted by atomic mass is 35.5. The summed E-state index contributed by atoms with van der Waals surface area (Å²) in [5, 5.41) is 4.14. The monoisotopic (exact) mass is 515 g/mol. The minimum atomic E-state index is -3.88. The fourth-order valence-corrected chi connectivity index (χ4v) is 4.66. The lowest BCUT2D eigenvalue weighted by atomic mass is 10.0. The molecule has 0 saturated carbocycles. The molecule has 0 spiro atoms. The lowest BCUT2D eigenvalue weighted by Gasteiger charge is -2.11. The van der Waals surface area contributed by atoms with Crippen LogP contribution in [0.4, 0.5) is 11.6 Å². The molecule has 2 aromatic heterocycles. The van der Waals surface area contributed by atoms with Gasteiger partial charge in [-0.15, -0.1) is 0 Å². The molecule has 10 heteroatoms. The van der Waals surface area contributed by atoms with Gasteiger partial charge in [0.05, 0.1) is 21.7 Å². The maximum Gasteiger partial charge on any atom is 0.264 e. The van der Waals surface area contributed by atoms with Crippen LogP contribution in [0.25, 0.3) is 22.2 Å². The molecule has 0 bridgehead atoms. The third-order valence-electron chi connectivity index (χ3n) is 5.31. The molecule has 0 fully saturated rings. The van der Waals surface area contributed by atoms with Crippen molar-refractivity contribution >= 4 is 50.1 Å². The third kappa shape index (κ3) is 5.02. The van der Waals surface area contributed by atoms with Crippen LogP contribution in [0, 0.1) is 0 Å². The van der Waals surface area contributed by atoms with Gasteiger partial charge in [0.15, 0.2) is 0 Å². The number of pyridine rings is 1. The summed E-state index contributed by atoms with van der Waals surface area (Å²) in [5.74, 6) is -0.383. The van der Waals surface area contributed by atoms with Crippen molar-refractivity contribution < 1.29 is 13.2 Å². The molecular weight excluding hydrogens is 498 g/mol. The number of halogens is 1. The van der Waals surface area contributed by atoms with Crippen LogP contribution in [-0.2, 0) is 10.0 Å². The zero-order valence-electron chi connectivity index (χ0n) is 18.6. The van der Waals surface area contributed by atoms with Gasteiger partial charge in [-0.05, 0) is 54.6 Å². The summed E-state index contributed by atoms with van der Waals surface area (Å²) in [5.41, 5.74) is 2.99. The van der Waals surface area contributed by atoms with Crippen LogP contribution in [0.3, 0.4) is 0 Å². The van der Waals surface area contributed by atoms with Crippen LogP contribution >= 0.6 is 11.6 Å². The molecule has 0 atom stereocenters. The maximum atomic E-state index is 13.3. The maximum absolute atomic E-state index is 13.3. The smallest absolute Gasteiger partial charge is 0.264 e. The molecule has 178 valence electrons. The number of nitrogens with one attached hydrogen (secondary N) is 2. The highest BCUT2D eigenvalue weighted by molar-refractivity contribution is 7.92. The summed E-state index contributed by atoms with van der Waals surface area (Å²) in [6, 6.07) is 23.7. The molecule has 2 heterocycles. The normalized spacial score (nSPS) is 11.2. The second-order valence-corrected chi connectivity index (χ2v) is 9.85. The van der Waals surface area contributed by atoms with Gasteiger partial charge in [-0.1, -0.05) is 41.9 Å². The molecule has 0 aliphatic rings. The fraction of sp³-hybridized carbons (Fsp3) is 0. The molecule has 5 rings (SSSR count). The number of amides is 1. The molecule has 0 aliphatic carbocycles. The number of para-hydroxylation sites is 1. The Bertz CT molecular complexity index is 1660. The number of rotatable bonds is 6. The van der Waals surface area contributed by atoms with Gasteiger partial charge in [0, 0.05) is 34.1 Å². The largest absolute Gasteiger partial charge is 0.322 e. The quantitative estimate of drug-likeness (QED) is 0.313. The summed E-state index contributed by atoms with van der Waals surface area (Å²) in [7, 11) is -3.88. The molecular formula is C26H18ClN5O3S. The number of hydrogen-bond acceptors (Lipinski definition) is 6. The number of benzene rings is 3. The van der Waals surface area contributed by atoms with Crippen LogP contribution < -0.4 is 10.0 Å². The summed E-state index contributed by atoms with van der Waals surface area (Å²) in [4.78, 5) is 25.7. The van der Waals surface area contributed by atoms with Gasteiger partial charge in [0.2, 0.25) is 5.95 Å². The number of fused-ring (bicyclic) bond motifs is 1. The van der Waals surface area contributed by atoms with Crippen LogP contribution in [0.5, 0.6) is 0 Å². The molecule has 3 aromatic carbocycles. The van der Waals surface area contributed by atoms with Gasteiger partial charge < -0.3 is 5.32 Å². The zero-order valence-corrected chi connectivity index (χ0v) is 20.2. The predicted octanol–water partition coefficient (Wildman–Crippen LogP) is 5.40. The summed E-state index contributed by atoms with van der Waals surface area (Å²) in [6.07, 6.45) is 2.87. The Morgan fingerprint density at radius 1 is 0.833 bits per heavy atom. The standard InChI is InChI=1S/C26H18ClN5O3S/c27-18-8-6-17(7-9-18)24-16-22(21-4-1-2-5-23(21)31-24)25(33)30-19-10-12-20(13-11-19)36(34,35)32-26-28-14-3-15-29-26/h1-16H,(H,30,33)(H,28,29,32). The van der Waals surface area contributed by atoms with Crippen LogP contribution in [0.15, 0.2) is 102 Å². The number of nitrogens with zero attached hydrogens (tertiary/aromatic N) is 3. The molecule has 8 nitrogen and oxygen atoms in total. The number of carbonyl (C=O) groups is 1. The van der Waals surface area contributed by atoms with E-state index in [0.29, 0.717) is 32.9 Å². The first-order chi connectivity index (χ1) is 17.4. The summed E-state index contributed by atoms with van der Waals surface area (Å²) >= 11 is 6.01. The fourth-order valence-electron chi connectivity index (χ4n) is 3.58.